The van der Waals surface area contributed by atoms with Crippen molar-refractivity contribution in [3.63, 3.8) is 0 Å². The Labute approximate surface area is 316 Å². The molecule has 8 aromatic carbocycles. The summed E-state index contributed by atoms with van der Waals surface area (Å²) in [6, 6.07) is 65.9. The summed E-state index contributed by atoms with van der Waals surface area (Å²) in [6.45, 7) is 0. The summed E-state index contributed by atoms with van der Waals surface area (Å²) < 4.78 is 6.91. The standard InChI is InChI=1S/C50H29N5/c51-30-32-24-26-48-41(28-32)39-16-5-9-21-46(39)53(48)43-18-6-1-12-35(43)33-25-27-42(34(29-33)31-52)55-47-22-10-4-15-38(47)40-17-11-23-49(50(40)55)54-44-19-7-2-13-36(44)37-14-3-8-20-45(37)54/h1-29H. The summed E-state index contributed by atoms with van der Waals surface area (Å²) in [5.74, 6) is 0. The summed E-state index contributed by atoms with van der Waals surface area (Å²) in [6.07, 6.45) is 0. The van der Waals surface area contributed by atoms with Gasteiger partial charge in [-0.25, -0.2) is 0 Å². The summed E-state index contributed by atoms with van der Waals surface area (Å²) in [4.78, 5) is 0. The Balaban J connectivity index is 1.17. The molecule has 0 aliphatic rings. The molecule has 0 N–H and O–H groups in total. The summed E-state index contributed by atoms with van der Waals surface area (Å²) in [7, 11) is 0. The number of hydrogen-bond acceptors (Lipinski definition) is 2. The van der Waals surface area contributed by atoms with Crippen LogP contribution in [0.25, 0.3) is 93.6 Å². The number of fused-ring (bicyclic) bond motifs is 9. The number of benzene rings is 8. The Morgan fingerprint density at radius 3 is 1.51 bits per heavy atom. The van der Waals surface area contributed by atoms with Crippen LogP contribution in [-0.4, -0.2) is 13.7 Å². The predicted molar refractivity (Wildman–Crippen MR) is 224 cm³/mol. The van der Waals surface area contributed by atoms with Crippen LogP contribution >= 0.6 is 0 Å². The van der Waals surface area contributed by atoms with E-state index in [1.807, 2.05) is 42.5 Å². The summed E-state index contributed by atoms with van der Waals surface area (Å²) in [5, 5.41) is 27.4. The second-order valence-corrected chi connectivity index (χ2v) is 14.0. The first-order chi connectivity index (χ1) is 27.2. The van der Waals surface area contributed by atoms with E-state index in [2.05, 4.69) is 159 Å². The smallest absolute Gasteiger partial charge is 0.101 e. The molecule has 0 radical (unpaired) electrons. The van der Waals surface area contributed by atoms with E-state index < -0.39 is 0 Å². The molecule has 11 rings (SSSR count). The van der Waals surface area contributed by atoms with Crippen LogP contribution in [0.15, 0.2) is 176 Å². The minimum atomic E-state index is 0.577. The Kier molecular flexibility index (Phi) is 6.61. The predicted octanol–water partition coefficient (Wildman–Crippen LogP) is 12.4. The minimum absolute atomic E-state index is 0.577. The fraction of sp³-hybridized carbons (Fsp3) is 0. The quantitative estimate of drug-likeness (QED) is 0.184. The molecule has 3 heterocycles. The number of rotatable bonds is 4. The monoisotopic (exact) mass is 699 g/mol. The van der Waals surface area contributed by atoms with Crippen LogP contribution < -0.4 is 0 Å². The van der Waals surface area contributed by atoms with E-state index in [4.69, 9.17) is 0 Å². The molecule has 254 valence electrons. The molecular weight excluding hydrogens is 671 g/mol. The topological polar surface area (TPSA) is 62.4 Å². The van der Waals surface area contributed by atoms with Gasteiger partial charge in [-0.1, -0.05) is 109 Å². The molecular formula is C50H29N5. The molecule has 55 heavy (non-hydrogen) atoms. The van der Waals surface area contributed by atoms with Gasteiger partial charge in [-0.15, -0.1) is 0 Å². The van der Waals surface area contributed by atoms with E-state index in [-0.39, 0.29) is 0 Å². The fourth-order valence-electron chi connectivity index (χ4n) is 8.82. The third-order valence-electron chi connectivity index (χ3n) is 11.1. The zero-order valence-corrected chi connectivity index (χ0v) is 29.5. The van der Waals surface area contributed by atoms with E-state index >= 15 is 0 Å². The van der Waals surface area contributed by atoms with Crippen LogP contribution in [0.1, 0.15) is 11.1 Å². The van der Waals surface area contributed by atoms with E-state index in [1.54, 1.807) is 0 Å². The number of para-hydroxylation sites is 6. The maximum Gasteiger partial charge on any atom is 0.101 e. The average Bonchev–Trinajstić information content (AvgIpc) is 3.89. The highest BCUT2D eigenvalue weighted by Gasteiger charge is 2.22. The van der Waals surface area contributed by atoms with Gasteiger partial charge in [0.05, 0.1) is 67.4 Å². The molecule has 5 nitrogen and oxygen atoms in total. The number of hydrogen-bond donors (Lipinski definition) is 0. The molecule has 0 aliphatic heterocycles. The summed E-state index contributed by atoms with van der Waals surface area (Å²) >= 11 is 0. The van der Waals surface area contributed by atoms with Crippen molar-refractivity contribution in [2.45, 2.75) is 0 Å². The lowest BCUT2D eigenvalue weighted by Crippen LogP contribution is -2.03. The molecule has 3 aromatic heterocycles. The van der Waals surface area contributed by atoms with E-state index in [0.717, 1.165) is 82.8 Å². The molecule has 0 amide bonds. The van der Waals surface area contributed by atoms with Crippen molar-refractivity contribution < 1.29 is 0 Å². The first-order valence-electron chi connectivity index (χ1n) is 18.3. The molecule has 0 spiro atoms. The Bertz CT molecular complexity index is 3420. The highest BCUT2D eigenvalue weighted by molar-refractivity contribution is 6.15. The van der Waals surface area contributed by atoms with Crippen LogP contribution in [0.3, 0.4) is 0 Å². The van der Waals surface area contributed by atoms with Crippen LogP contribution in [0.2, 0.25) is 0 Å². The van der Waals surface area contributed by atoms with Gasteiger partial charge in [-0.2, -0.15) is 10.5 Å². The highest BCUT2D eigenvalue weighted by Crippen LogP contribution is 2.42. The first kappa shape index (κ1) is 30.7. The van der Waals surface area contributed by atoms with Crippen LogP contribution in [-0.2, 0) is 0 Å². The van der Waals surface area contributed by atoms with Gasteiger partial charge in [0.2, 0.25) is 0 Å². The third-order valence-corrected chi connectivity index (χ3v) is 11.1. The first-order valence-corrected chi connectivity index (χ1v) is 18.3. The largest absolute Gasteiger partial charge is 0.309 e. The van der Waals surface area contributed by atoms with Crippen molar-refractivity contribution in [2.75, 3.05) is 0 Å². The fourth-order valence-corrected chi connectivity index (χ4v) is 8.82. The van der Waals surface area contributed by atoms with Gasteiger partial charge in [0, 0.05) is 37.9 Å². The zero-order valence-electron chi connectivity index (χ0n) is 29.5. The van der Waals surface area contributed by atoms with Crippen LogP contribution in [0.4, 0.5) is 0 Å². The van der Waals surface area contributed by atoms with Gasteiger partial charge < -0.3 is 13.7 Å². The number of aromatic nitrogens is 3. The normalized spacial score (nSPS) is 11.6. The van der Waals surface area contributed by atoms with Gasteiger partial charge in [0.15, 0.2) is 0 Å². The van der Waals surface area contributed by atoms with Crippen molar-refractivity contribution in [1.82, 2.24) is 13.7 Å². The van der Waals surface area contributed by atoms with Crippen molar-refractivity contribution >= 4 is 65.4 Å². The molecule has 0 unspecified atom stereocenters. The molecule has 0 atom stereocenters. The van der Waals surface area contributed by atoms with E-state index in [9.17, 15) is 10.5 Å². The van der Waals surface area contributed by atoms with Gasteiger partial charge in [-0.05, 0) is 72.3 Å². The molecule has 0 saturated heterocycles. The van der Waals surface area contributed by atoms with E-state index in [0.29, 0.717) is 11.1 Å². The molecule has 5 heteroatoms. The third kappa shape index (κ3) is 4.39. The van der Waals surface area contributed by atoms with Gasteiger partial charge in [0.25, 0.3) is 0 Å². The zero-order chi connectivity index (χ0) is 36.6. The van der Waals surface area contributed by atoms with Crippen molar-refractivity contribution in [1.29, 1.82) is 10.5 Å². The van der Waals surface area contributed by atoms with Crippen LogP contribution in [0.5, 0.6) is 0 Å². The van der Waals surface area contributed by atoms with E-state index in [1.165, 1.54) is 10.8 Å². The van der Waals surface area contributed by atoms with Crippen molar-refractivity contribution in [2.24, 2.45) is 0 Å². The summed E-state index contributed by atoms with van der Waals surface area (Å²) in [5.41, 5.74) is 12.5. The molecule has 0 saturated carbocycles. The molecule has 0 fully saturated rings. The maximum atomic E-state index is 11.0. The highest BCUT2D eigenvalue weighted by atomic mass is 15.1. The van der Waals surface area contributed by atoms with Crippen LogP contribution in [0, 0.1) is 22.7 Å². The lowest BCUT2D eigenvalue weighted by molar-refractivity contribution is 1.12. The SMILES string of the molecule is N#Cc1ccc2c(c1)c1ccccc1n2-c1ccccc1-c1ccc(-n2c3ccccc3c3cccc(-n4c5ccccc5c5ccccc54)c32)c(C#N)c1. The van der Waals surface area contributed by atoms with Gasteiger partial charge >= 0.3 is 0 Å². The molecule has 0 aliphatic carbocycles. The Morgan fingerprint density at radius 1 is 0.345 bits per heavy atom. The van der Waals surface area contributed by atoms with Gasteiger partial charge in [0.1, 0.15) is 6.07 Å². The second kappa shape index (κ2) is 11.8. The molecule has 11 aromatic rings. The Morgan fingerprint density at radius 2 is 0.855 bits per heavy atom. The van der Waals surface area contributed by atoms with Gasteiger partial charge in [-0.3, -0.25) is 0 Å². The lowest BCUT2D eigenvalue weighted by Gasteiger charge is -2.17. The maximum absolute atomic E-state index is 11.0. The lowest BCUT2D eigenvalue weighted by atomic mass is 10.00. The minimum Gasteiger partial charge on any atom is -0.309 e. The van der Waals surface area contributed by atoms with Crippen molar-refractivity contribution in [3.05, 3.63) is 187 Å². The average molecular weight is 700 g/mol. The molecule has 0 bridgehead atoms. The van der Waals surface area contributed by atoms with Crippen molar-refractivity contribution in [3.8, 4) is 40.3 Å². The second-order valence-electron chi connectivity index (χ2n) is 14.0. The number of nitriles is 2. The Hall–Kier alpha value is -7.86. The number of nitrogens with zero attached hydrogens (tertiary/aromatic N) is 5.